The van der Waals surface area contributed by atoms with E-state index < -0.39 is 0 Å². The predicted octanol–water partition coefficient (Wildman–Crippen LogP) is 2.28. The Labute approximate surface area is 106 Å². The maximum absolute atomic E-state index is 5.98. The van der Waals surface area contributed by atoms with Gasteiger partial charge in [-0.15, -0.1) is 0 Å². The molecule has 3 nitrogen and oxygen atoms in total. The molecule has 0 radical (unpaired) electrons. The van der Waals surface area contributed by atoms with Gasteiger partial charge in [0.25, 0.3) is 0 Å². The lowest BCUT2D eigenvalue weighted by atomic mass is 10.0. The summed E-state index contributed by atoms with van der Waals surface area (Å²) in [6.07, 6.45) is 0.755. The number of aryl methyl sites for hydroxylation is 1. The zero-order valence-corrected chi connectivity index (χ0v) is 10.4. The summed E-state index contributed by atoms with van der Waals surface area (Å²) >= 11 is 5.98. The number of aromatic nitrogens is 1. The van der Waals surface area contributed by atoms with Crippen LogP contribution in [-0.4, -0.2) is 5.16 Å². The highest BCUT2D eigenvalue weighted by atomic mass is 35.5. The van der Waals surface area contributed by atoms with E-state index in [4.69, 9.17) is 16.1 Å². The molecule has 17 heavy (non-hydrogen) atoms. The van der Waals surface area contributed by atoms with Gasteiger partial charge in [-0.3, -0.25) is 0 Å². The minimum atomic E-state index is 0.195. The van der Waals surface area contributed by atoms with Gasteiger partial charge in [0, 0.05) is 16.7 Å². The Kier molecular flexibility index (Phi) is 3.82. The second-order valence-electron chi connectivity index (χ2n) is 4.04. The van der Waals surface area contributed by atoms with Gasteiger partial charge in [0.15, 0.2) is 0 Å². The number of benzene rings is 1. The van der Waals surface area contributed by atoms with E-state index in [1.165, 1.54) is 0 Å². The topological polar surface area (TPSA) is 42.6 Å². The van der Waals surface area contributed by atoms with Crippen molar-refractivity contribution >= 4 is 11.6 Å². The number of hydrogen-bond acceptors (Lipinski definition) is 2. The molecule has 1 aromatic carbocycles. The number of nitrogens with two attached hydrogens (primary N) is 1. The lowest BCUT2D eigenvalue weighted by Crippen LogP contribution is -2.78. The summed E-state index contributed by atoms with van der Waals surface area (Å²) in [6, 6.07) is 9.95. The van der Waals surface area contributed by atoms with Crippen LogP contribution in [0.2, 0.25) is 5.02 Å². The maximum Gasteiger partial charge on any atom is 0.143 e. The van der Waals surface area contributed by atoms with Gasteiger partial charge in [0.1, 0.15) is 5.76 Å². The summed E-state index contributed by atoms with van der Waals surface area (Å²) in [5.74, 6) is 0.868. The maximum atomic E-state index is 5.98. The van der Waals surface area contributed by atoms with E-state index in [2.05, 4.69) is 12.2 Å². The molecule has 0 saturated carbocycles. The van der Waals surface area contributed by atoms with Gasteiger partial charge in [-0.2, -0.15) is 7.05 Å². The molecule has 0 saturated heterocycles. The molecule has 1 aromatic heterocycles. The van der Waals surface area contributed by atoms with E-state index >= 15 is 0 Å². The monoisotopic (exact) mass is 250 g/mol. The van der Waals surface area contributed by atoms with Gasteiger partial charge >= 0.3 is 0 Å². The number of hydrogen-bond donors (Lipinski definition) is 1. The van der Waals surface area contributed by atoms with Gasteiger partial charge in [-0.25, -0.2) is 0 Å². The van der Waals surface area contributed by atoms with E-state index in [1.807, 2.05) is 42.6 Å². The summed E-state index contributed by atoms with van der Waals surface area (Å²) in [4.78, 5) is 0. The van der Waals surface area contributed by atoms with Crippen LogP contribution in [0.1, 0.15) is 23.1 Å². The first-order valence-corrected chi connectivity index (χ1v) is 5.87. The van der Waals surface area contributed by atoms with Gasteiger partial charge in [0.2, 0.25) is 0 Å². The van der Waals surface area contributed by atoms with E-state index in [0.717, 1.165) is 28.5 Å². The smallest absolute Gasteiger partial charge is 0.143 e. The SMILES string of the molecule is [CH2-][NH2+]C(Cc1cc(C)no1)c1cccc(Cl)c1. The summed E-state index contributed by atoms with van der Waals surface area (Å²) in [7, 11) is 3.86. The molecule has 0 amide bonds. The molecule has 0 aliphatic carbocycles. The fraction of sp³-hybridized carbons (Fsp3) is 0.231. The molecule has 0 fully saturated rings. The highest BCUT2D eigenvalue weighted by molar-refractivity contribution is 6.30. The molecular formula is C13H15ClN2O. The van der Waals surface area contributed by atoms with Crippen LogP contribution in [0.4, 0.5) is 0 Å². The lowest BCUT2D eigenvalue weighted by molar-refractivity contribution is -0.640. The van der Waals surface area contributed by atoms with Crippen molar-refractivity contribution in [1.29, 1.82) is 0 Å². The van der Waals surface area contributed by atoms with Crippen LogP contribution in [0.25, 0.3) is 0 Å². The molecule has 0 aliphatic heterocycles. The molecule has 0 aliphatic rings. The number of halogens is 1. The van der Waals surface area contributed by atoms with Crippen molar-refractivity contribution in [2.45, 2.75) is 19.4 Å². The van der Waals surface area contributed by atoms with Gasteiger partial charge in [-0.05, 0) is 19.1 Å². The molecule has 1 unspecified atom stereocenters. The third-order valence-electron chi connectivity index (χ3n) is 2.66. The van der Waals surface area contributed by atoms with Crippen LogP contribution >= 0.6 is 11.6 Å². The quantitative estimate of drug-likeness (QED) is 0.846. The van der Waals surface area contributed by atoms with Crippen molar-refractivity contribution in [3.63, 3.8) is 0 Å². The fourth-order valence-corrected chi connectivity index (χ4v) is 2.00. The zero-order chi connectivity index (χ0) is 12.3. The van der Waals surface area contributed by atoms with Crippen molar-refractivity contribution in [3.8, 4) is 0 Å². The molecule has 2 rings (SSSR count). The third kappa shape index (κ3) is 3.08. The summed E-state index contributed by atoms with van der Waals surface area (Å²) < 4.78 is 5.22. The average molecular weight is 251 g/mol. The Morgan fingerprint density at radius 2 is 2.29 bits per heavy atom. The molecule has 1 atom stereocenters. The minimum Gasteiger partial charge on any atom is -0.472 e. The Hall–Kier alpha value is -1.32. The highest BCUT2D eigenvalue weighted by Crippen LogP contribution is 2.19. The molecule has 2 aromatic rings. The van der Waals surface area contributed by atoms with E-state index in [-0.39, 0.29) is 6.04 Å². The van der Waals surface area contributed by atoms with Crippen molar-refractivity contribution in [1.82, 2.24) is 5.16 Å². The Morgan fingerprint density at radius 3 is 2.88 bits per heavy atom. The van der Waals surface area contributed by atoms with E-state index in [1.54, 1.807) is 0 Å². The first-order valence-electron chi connectivity index (χ1n) is 5.49. The van der Waals surface area contributed by atoms with Crippen LogP contribution in [-0.2, 0) is 6.42 Å². The highest BCUT2D eigenvalue weighted by Gasteiger charge is 2.14. The Bertz CT molecular complexity index is 496. The number of quaternary nitrogens is 1. The number of rotatable bonds is 4. The lowest BCUT2D eigenvalue weighted by Gasteiger charge is -2.15. The molecule has 0 bridgehead atoms. The van der Waals surface area contributed by atoms with E-state index in [9.17, 15) is 0 Å². The van der Waals surface area contributed by atoms with Gasteiger partial charge in [-0.1, -0.05) is 28.9 Å². The van der Waals surface area contributed by atoms with Crippen LogP contribution in [0.15, 0.2) is 34.9 Å². The zero-order valence-electron chi connectivity index (χ0n) is 9.69. The third-order valence-corrected chi connectivity index (χ3v) is 2.89. The second kappa shape index (κ2) is 5.34. The van der Waals surface area contributed by atoms with Crippen molar-refractivity contribution in [2.24, 2.45) is 0 Å². The standard InChI is InChI=1S/C13H15ClN2O/c1-9-6-12(17-16-9)8-13(15-2)10-4-3-5-11(14)7-10/h3-7,13H,2,8,15H2,1H3. The second-order valence-corrected chi connectivity index (χ2v) is 4.47. The van der Waals surface area contributed by atoms with Crippen LogP contribution in [0.5, 0.6) is 0 Å². The predicted molar refractivity (Wildman–Crippen MR) is 66.4 cm³/mol. The first-order chi connectivity index (χ1) is 8.19. The van der Waals surface area contributed by atoms with Gasteiger partial charge < -0.3 is 9.84 Å². The summed E-state index contributed by atoms with van der Waals surface area (Å²) in [5, 5.41) is 6.53. The summed E-state index contributed by atoms with van der Waals surface area (Å²) in [5.41, 5.74) is 2.04. The Balaban J connectivity index is 2.16. The minimum absolute atomic E-state index is 0.195. The first kappa shape index (κ1) is 12.1. The Morgan fingerprint density at radius 1 is 1.47 bits per heavy atom. The number of nitrogens with zero attached hydrogens (tertiary/aromatic N) is 1. The van der Waals surface area contributed by atoms with Crippen molar-refractivity contribution in [3.05, 3.63) is 59.4 Å². The van der Waals surface area contributed by atoms with Gasteiger partial charge in [0.05, 0.1) is 18.2 Å². The van der Waals surface area contributed by atoms with Crippen LogP contribution in [0.3, 0.4) is 0 Å². The van der Waals surface area contributed by atoms with Crippen molar-refractivity contribution in [2.75, 3.05) is 0 Å². The van der Waals surface area contributed by atoms with Crippen molar-refractivity contribution < 1.29 is 9.84 Å². The van der Waals surface area contributed by atoms with Crippen LogP contribution in [0, 0.1) is 14.0 Å². The van der Waals surface area contributed by atoms with Crippen LogP contribution < -0.4 is 5.32 Å². The molecule has 1 heterocycles. The molecule has 4 heteroatoms. The fourth-order valence-electron chi connectivity index (χ4n) is 1.80. The summed E-state index contributed by atoms with van der Waals surface area (Å²) in [6.45, 7) is 1.91. The average Bonchev–Trinajstić information content (AvgIpc) is 2.72. The molecule has 0 spiro atoms. The normalized spacial score (nSPS) is 12.6. The molecule has 2 N–H and O–H groups in total. The van der Waals surface area contributed by atoms with E-state index in [0.29, 0.717) is 0 Å². The molecular weight excluding hydrogens is 236 g/mol. The largest absolute Gasteiger partial charge is 0.472 e. The molecule has 90 valence electrons.